The number of hydrogen-bond donors (Lipinski definition) is 3. The Morgan fingerprint density at radius 3 is 2.25 bits per heavy atom. The molecule has 0 bridgehead atoms. The monoisotopic (exact) mass is 359 g/mol. The van der Waals surface area contributed by atoms with Crippen molar-refractivity contribution in [2.45, 2.75) is 58.8 Å². The minimum Gasteiger partial charge on any atom is -0.370 e. The maximum Gasteiger partial charge on any atom is 0.230 e. The van der Waals surface area contributed by atoms with Crippen molar-refractivity contribution in [3.63, 3.8) is 0 Å². The van der Waals surface area contributed by atoms with E-state index in [1.165, 1.54) is 31.0 Å². The number of carbonyl (C=O) groups excluding carboxylic acids is 3. The van der Waals surface area contributed by atoms with Gasteiger partial charge in [-0.15, -0.1) is 0 Å². The molecule has 0 saturated heterocycles. The fourth-order valence-electron chi connectivity index (χ4n) is 2.28. The van der Waals surface area contributed by atoms with Gasteiger partial charge in [0.15, 0.2) is 0 Å². The second-order valence-electron chi connectivity index (χ2n) is 5.90. The third kappa shape index (κ3) is 14.4. The summed E-state index contributed by atoms with van der Waals surface area (Å²) in [7, 11) is 0. The van der Waals surface area contributed by atoms with E-state index < -0.39 is 5.91 Å². The molecule has 0 unspecified atom stereocenters. The van der Waals surface area contributed by atoms with Crippen LogP contribution in [0.4, 0.5) is 0 Å². The van der Waals surface area contributed by atoms with E-state index in [9.17, 15) is 14.4 Å². The van der Waals surface area contributed by atoms with Crippen LogP contribution in [0.3, 0.4) is 0 Å². The van der Waals surface area contributed by atoms with Crippen molar-refractivity contribution in [3.05, 3.63) is 0 Å². The molecular weight excluding hydrogens is 326 g/mol. The van der Waals surface area contributed by atoms with Gasteiger partial charge in [0, 0.05) is 25.9 Å². The molecule has 7 heteroatoms. The lowest BCUT2D eigenvalue weighted by Crippen LogP contribution is -2.29. The van der Waals surface area contributed by atoms with Gasteiger partial charge in [0.25, 0.3) is 0 Å². The second-order valence-corrected chi connectivity index (χ2v) is 7.00. The molecular formula is C17H33N3O3S. The van der Waals surface area contributed by atoms with E-state index in [2.05, 4.69) is 24.5 Å². The Bertz CT molecular complexity index is 374. The average molecular weight is 360 g/mol. The van der Waals surface area contributed by atoms with Crippen molar-refractivity contribution in [3.8, 4) is 0 Å². The van der Waals surface area contributed by atoms with Gasteiger partial charge in [-0.25, -0.2) is 0 Å². The summed E-state index contributed by atoms with van der Waals surface area (Å²) in [6.07, 6.45) is 6.05. The van der Waals surface area contributed by atoms with Crippen LogP contribution in [0.15, 0.2) is 0 Å². The van der Waals surface area contributed by atoms with E-state index in [0.717, 1.165) is 31.1 Å². The summed E-state index contributed by atoms with van der Waals surface area (Å²) in [5, 5.41) is 5.58. The van der Waals surface area contributed by atoms with Crippen LogP contribution in [-0.4, -0.2) is 42.3 Å². The Morgan fingerprint density at radius 1 is 0.958 bits per heavy atom. The normalized spacial score (nSPS) is 10.6. The van der Waals surface area contributed by atoms with Crippen molar-refractivity contribution in [2.75, 3.05) is 24.6 Å². The van der Waals surface area contributed by atoms with Crippen LogP contribution in [0.2, 0.25) is 0 Å². The predicted molar refractivity (Wildman–Crippen MR) is 99.7 cm³/mol. The standard InChI is InChI=1S/C17H33N3O3S/c1-3-14(4-2)7-5-10-19-16(22)8-6-12-24-13-17(23)20-11-9-15(18)21/h14H,3-13H2,1-2H3,(H2,18,21)(H,19,22)(H,20,23). The first-order valence-corrected chi connectivity index (χ1v) is 10.0. The molecule has 4 N–H and O–H groups in total. The molecule has 0 rings (SSSR count). The fourth-order valence-corrected chi connectivity index (χ4v) is 3.06. The highest BCUT2D eigenvalue weighted by molar-refractivity contribution is 7.99. The van der Waals surface area contributed by atoms with Crippen LogP contribution in [0.25, 0.3) is 0 Å². The predicted octanol–water partition coefficient (Wildman–Crippen LogP) is 1.82. The number of amides is 3. The van der Waals surface area contributed by atoms with E-state index in [-0.39, 0.29) is 24.8 Å². The number of hydrogen-bond acceptors (Lipinski definition) is 4. The molecule has 0 aromatic rings. The molecule has 0 fully saturated rings. The number of nitrogens with two attached hydrogens (primary N) is 1. The van der Waals surface area contributed by atoms with Crippen molar-refractivity contribution >= 4 is 29.5 Å². The molecule has 0 saturated carbocycles. The van der Waals surface area contributed by atoms with Crippen LogP contribution < -0.4 is 16.4 Å². The first kappa shape index (κ1) is 22.8. The first-order valence-electron chi connectivity index (χ1n) is 8.89. The lowest BCUT2D eigenvalue weighted by atomic mass is 9.98. The summed E-state index contributed by atoms with van der Waals surface area (Å²) < 4.78 is 0. The Hall–Kier alpha value is -1.24. The first-order chi connectivity index (χ1) is 11.5. The quantitative estimate of drug-likeness (QED) is 0.388. The SMILES string of the molecule is CCC(CC)CCCNC(=O)CCCSCC(=O)NCCC(N)=O. The Morgan fingerprint density at radius 2 is 1.62 bits per heavy atom. The zero-order valence-electron chi connectivity index (χ0n) is 15.1. The van der Waals surface area contributed by atoms with Gasteiger partial charge >= 0.3 is 0 Å². The van der Waals surface area contributed by atoms with Gasteiger partial charge in [0.1, 0.15) is 0 Å². The van der Waals surface area contributed by atoms with Crippen LogP contribution in [-0.2, 0) is 14.4 Å². The van der Waals surface area contributed by atoms with Gasteiger partial charge in [-0.3, -0.25) is 14.4 Å². The minimum atomic E-state index is -0.422. The molecule has 0 aliphatic rings. The molecule has 24 heavy (non-hydrogen) atoms. The highest BCUT2D eigenvalue weighted by Gasteiger charge is 2.05. The van der Waals surface area contributed by atoms with Crippen LogP contribution in [0.1, 0.15) is 58.8 Å². The van der Waals surface area contributed by atoms with Crippen molar-refractivity contribution in [1.29, 1.82) is 0 Å². The molecule has 0 atom stereocenters. The molecule has 0 aliphatic carbocycles. The smallest absolute Gasteiger partial charge is 0.230 e. The Balaban J connectivity index is 3.45. The third-order valence-electron chi connectivity index (χ3n) is 3.89. The molecule has 0 spiro atoms. The summed E-state index contributed by atoms with van der Waals surface area (Å²) in [6.45, 7) is 5.46. The molecule has 140 valence electrons. The average Bonchev–Trinajstić information content (AvgIpc) is 2.54. The van der Waals surface area contributed by atoms with E-state index >= 15 is 0 Å². The van der Waals surface area contributed by atoms with Crippen LogP contribution in [0.5, 0.6) is 0 Å². The van der Waals surface area contributed by atoms with E-state index in [1.807, 2.05) is 0 Å². The number of thioether (sulfide) groups is 1. The summed E-state index contributed by atoms with van der Waals surface area (Å²) in [5.41, 5.74) is 4.99. The van der Waals surface area contributed by atoms with Crippen LogP contribution in [0, 0.1) is 5.92 Å². The van der Waals surface area contributed by atoms with E-state index in [1.54, 1.807) is 0 Å². The molecule has 3 amide bonds. The van der Waals surface area contributed by atoms with Crippen molar-refractivity contribution in [2.24, 2.45) is 11.7 Å². The summed E-state index contributed by atoms with van der Waals surface area (Å²) in [6, 6.07) is 0. The number of rotatable bonds is 15. The Labute approximate surface area is 150 Å². The third-order valence-corrected chi connectivity index (χ3v) is 4.93. The van der Waals surface area contributed by atoms with E-state index in [4.69, 9.17) is 5.73 Å². The van der Waals surface area contributed by atoms with Gasteiger partial charge in [-0.2, -0.15) is 11.8 Å². The van der Waals surface area contributed by atoms with Gasteiger partial charge in [0.2, 0.25) is 17.7 Å². The number of primary amides is 1. The zero-order chi connectivity index (χ0) is 18.2. The van der Waals surface area contributed by atoms with Gasteiger partial charge in [-0.1, -0.05) is 26.7 Å². The van der Waals surface area contributed by atoms with Crippen molar-refractivity contribution in [1.82, 2.24) is 10.6 Å². The second kappa shape index (κ2) is 15.3. The van der Waals surface area contributed by atoms with Crippen molar-refractivity contribution < 1.29 is 14.4 Å². The largest absolute Gasteiger partial charge is 0.370 e. The molecule has 0 aromatic carbocycles. The fraction of sp³-hybridized carbons (Fsp3) is 0.824. The molecule has 0 aromatic heterocycles. The maximum absolute atomic E-state index is 11.7. The van der Waals surface area contributed by atoms with Crippen LogP contribution >= 0.6 is 11.8 Å². The van der Waals surface area contributed by atoms with Gasteiger partial charge in [0.05, 0.1) is 5.75 Å². The zero-order valence-corrected chi connectivity index (χ0v) is 15.9. The number of carbonyl (C=O) groups is 3. The summed E-state index contributed by atoms with van der Waals surface area (Å²) in [4.78, 5) is 33.7. The number of nitrogens with one attached hydrogen (secondary N) is 2. The summed E-state index contributed by atoms with van der Waals surface area (Å²) >= 11 is 1.49. The highest BCUT2D eigenvalue weighted by atomic mass is 32.2. The molecule has 0 heterocycles. The molecule has 0 radical (unpaired) electrons. The topological polar surface area (TPSA) is 101 Å². The molecule has 6 nitrogen and oxygen atoms in total. The molecule has 0 aliphatic heterocycles. The van der Waals surface area contributed by atoms with E-state index in [0.29, 0.717) is 12.2 Å². The minimum absolute atomic E-state index is 0.0889. The highest BCUT2D eigenvalue weighted by Crippen LogP contribution is 2.13. The maximum atomic E-state index is 11.7. The lowest BCUT2D eigenvalue weighted by Gasteiger charge is -2.12. The van der Waals surface area contributed by atoms with Gasteiger partial charge in [-0.05, 0) is 30.9 Å². The van der Waals surface area contributed by atoms with Gasteiger partial charge < -0.3 is 16.4 Å². The Kier molecular flexibility index (Phi) is 14.5. The lowest BCUT2D eigenvalue weighted by molar-refractivity contribution is -0.121. The summed E-state index contributed by atoms with van der Waals surface area (Å²) in [5.74, 6) is 1.44.